The summed E-state index contributed by atoms with van der Waals surface area (Å²) in [7, 11) is 0. The van der Waals surface area contributed by atoms with Gasteiger partial charge < -0.3 is 11.1 Å². The summed E-state index contributed by atoms with van der Waals surface area (Å²) >= 11 is 0. The highest BCUT2D eigenvalue weighted by molar-refractivity contribution is 5.95. The zero-order valence-corrected chi connectivity index (χ0v) is 11.9. The number of nitrogens with two attached hydrogens (primary N) is 1. The predicted molar refractivity (Wildman–Crippen MR) is 76.6 cm³/mol. The molecule has 0 radical (unpaired) electrons. The van der Waals surface area contributed by atoms with Gasteiger partial charge in [0.05, 0.1) is 0 Å². The molecule has 0 saturated carbocycles. The van der Waals surface area contributed by atoms with E-state index in [4.69, 9.17) is 5.73 Å². The third kappa shape index (κ3) is 4.89. The van der Waals surface area contributed by atoms with Gasteiger partial charge in [0.15, 0.2) is 0 Å². The van der Waals surface area contributed by atoms with E-state index in [-0.39, 0.29) is 11.5 Å². The number of halogens is 1. The lowest BCUT2D eigenvalue weighted by atomic mass is 10.1. The van der Waals surface area contributed by atoms with Crippen LogP contribution in [0, 0.1) is 18.7 Å². The zero-order chi connectivity index (χ0) is 14.4. The van der Waals surface area contributed by atoms with Gasteiger partial charge in [-0.15, -0.1) is 0 Å². The number of nitrogens with one attached hydrogen (secondary N) is 1. The normalized spacial score (nSPS) is 10.8. The van der Waals surface area contributed by atoms with Gasteiger partial charge in [0, 0.05) is 23.4 Å². The molecule has 0 fully saturated rings. The maximum atomic E-state index is 13.5. The van der Waals surface area contributed by atoms with E-state index < -0.39 is 5.82 Å². The highest BCUT2D eigenvalue weighted by Gasteiger charge is 2.10. The third-order valence-corrected chi connectivity index (χ3v) is 3.14. The van der Waals surface area contributed by atoms with E-state index in [0.717, 1.165) is 19.3 Å². The van der Waals surface area contributed by atoms with E-state index in [1.165, 1.54) is 12.1 Å². The molecule has 0 bridgehead atoms. The minimum absolute atomic E-state index is 0.268. The number of hydrogen-bond donors (Lipinski definition) is 2. The third-order valence-electron chi connectivity index (χ3n) is 3.14. The second-order valence-electron chi connectivity index (χ2n) is 5.32. The lowest BCUT2D eigenvalue weighted by Crippen LogP contribution is -2.24. The first-order valence-corrected chi connectivity index (χ1v) is 6.75. The van der Waals surface area contributed by atoms with Crippen LogP contribution in [0.1, 0.15) is 49.0 Å². The molecule has 4 heteroatoms. The summed E-state index contributed by atoms with van der Waals surface area (Å²) in [5.74, 6) is -0.0261. The Labute approximate surface area is 114 Å². The molecule has 3 N–H and O–H groups in total. The summed E-state index contributed by atoms with van der Waals surface area (Å²) in [6.45, 7) is 6.56. The van der Waals surface area contributed by atoms with Crippen molar-refractivity contribution in [2.24, 2.45) is 5.92 Å². The minimum atomic E-state index is -0.440. The van der Waals surface area contributed by atoms with Crippen molar-refractivity contribution >= 4 is 11.6 Å². The first kappa shape index (κ1) is 15.5. The van der Waals surface area contributed by atoms with Gasteiger partial charge in [0.25, 0.3) is 5.91 Å². The summed E-state index contributed by atoms with van der Waals surface area (Å²) in [6, 6.07) is 2.75. The van der Waals surface area contributed by atoms with Crippen LogP contribution in [0.3, 0.4) is 0 Å². The molecular formula is C15H23FN2O. The average Bonchev–Trinajstić information content (AvgIpc) is 2.34. The highest BCUT2D eigenvalue weighted by atomic mass is 19.1. The van der Waals surface area contributed by atoms with E-state index in [0.29, 0.717) is 23.7 Å². The second-order valence-corrected chi connectivity index (χ2v) is 5.32. The van der Waals surface area contributed by atoms with Crippen molar-refractivity contribution in [3.05, 3.63) is 29.1 Å². The highest BCUT2D eigenvalue weighted by Crippen LogP contribution is 2.17. The summed E-state index contributed by atoms with van der Waals surface area (Å²) in [5, 5.41) is 2.79. The van der Waals surface area contributed by atoms with Crippen LogP contribution >= 0.6 is 0 Å². The van der Waals surface area contributed by atoms with Gasteiger partial charge >= 0.3 is 0 Å². The Morgan fingerprint density at radius 3 is 2.63 bits per heavy atom. The zero-order valence-electron chi connectivity index (χ0n) is 11.9. The summed E-state index contributed by atoms with van der Waals surface area (Å²) in [5.41, 5.74) is 6.62. The van der Waals surface area contributed by atoms with Crippen LogP contribution in [0.5, 0.6) is 0 Å². The molecule has 1 amide bonds. The van der Waals surface area contributed by atoms with Gasteiger partial charge in [0.2, 0.25) is 0 Å². The maximum absolute atomic E-state index is 13.5. The van der Waals surface area contributed by atoms with Gasteiger partial charge in [-0.2, -0.15) is 0 Å². The molecule has 0 aliphatic heterocycles. The molecule has 0 aromatic heterocycles. The number of carbonyl (C=O) groups is 1. The van der Waals surface area contributed by atoms with Gasteiger partial charge in [0.1, 0.15) is 5.82 Å². The lowest BCUT2D eigenvalue weighted by Gasteiger charge is -2.08. The first-order valence-electron chi connectivity index (χ1n) is 6.75. The van der Waals surface area contributed by atoms with E-state index in [9.17, 15) is 9.18 Å². The van der Waals surface area contributed by atoms with Crippen LogP contribution in [0.2, 0.25) is 0 Å². The number of carbonyl (C=O) groups excluding carboxylic acids is 1. The monoisotopic (exact) mass is 266 g/mol. The maximum Gasteiger partial charge on any atom is 0.251 e. The second kappa shape index (κ2) is 7.12. The summed E-state index contributed by atoms with van der Waals surface area (Å²) in [4.78, 5) is 11.8. The number of amides is 1. The van der Waals surface area contributed by atoms with Crippen molar-refractivity contribution in [2.45, 2.75) is 40.0 Å². The molecule has 0 saturated heterocycles. The van der Waals surface area contributed by atoms with E-state index >= 15 is 0 Å². The molecular weight excluding hydrogens is 243 g/mol. The van der Waals surface area contributed by atoms with Crippen LogP contribution in [0.4, 0.5) is 10.1 Å². The van der Waals surface area contributed by atoms with Crippen LogP contribution in [0.25, 0.3) is 0 Å². The number of hydrogen-bond acceptors (Lipinski definition) is 2. The molecule has 1 rings (SSSR count). The van der Waals surface area contributed by atoms with Crippen LogP contribution < -0.4 is 11.1 Å². The van der Waals surface area contributed by atoms with Gasteiger partial charge in [-0.25, -0.2) is 4.39 Å². The molecule has 1 aromatic rings. The van der Waals surface area contributed by atoms with Gasteiger partial charge in [-0.05, 0) is 31.4 Å². The van der Waals surface area contributed by atoms with Crippen molar-refractivity contribution in [3.63, 3.8) is 0 Å². The van der Waals surface area contributed by atoms with Crippen molar-refractivity contribution in [1.82, 2.24) is 5.32 Å². The van der Waals surface area contributed by atoms with Crippen molar-refractivity contribution < 1.29 is 9.18 Å². The fourth-order valence-corrected chi connectivity index (χ4v) is 1.81. The van der Waals surface area contributed by atoms with Crippen LogP contribution in [-0.2, 0) is 0 Å². The minimum Gasteiger partial charge on any atom is -0.398 e. The Bertz CT molecular complexity index is 421. The van der Waals surface area contributed by atoms with Gasteiger partial charge in [-0.1, -0.05) is 26.7 Å². The summed E-state index contributed by atoms with van der Waals surface area (Å²) < 4.78 is 13.5. The number of unbranched alkanes of at least 4 members (excludes halogenated alkanes) is 1. The molecule has 0 heterocycles. The Balaban J connectivity index is 2.46. The first-order chi connectivity index (χ1) is 8.91. The Hall–Kier alpha value is -1.58. The quantitative estimate of drug-likeness (QED) is 0.613. The predicted octanol–water partition coefficient (Wildman–Crippen LogP) is 3.27. The molecule has 0 atom stereocenters. The number of benzene rings is 1. The molecule has 0 aliphatic rings. The molecule has 19 heavy (non-hydrogen) atoms. The molecule has 0 spiro atoms. The SMILES string of the molecule is Cc1c(N)cc(C(=O)NCCCCC(C)C)cc1F. The van der Waals surface area contributed by atoms with Crippen LogP contribution in [0.15, 0.2) is 12.1 Å². The largest absolute Gasteiger partial charge is 0.398 e. The van der Waals surface area contributed by atoms with Crippen LogP contribution in [-0.4, -0.2) is 12.5 Å². The standard InChI is InChI=1S/C15H23FN2O/c1-10(2)6-4-5-7-18-15(19)12-8-13(16)11(3)14(17)9-12/h8-10H,4-7,17H2,1-3H3,(H,18,19). The lowest BCUT2D eigenvalue weighted by molar-refractivity contribution is 0.0952. The van der Waals surface area contributed by atoms with E-state index in [2.05, 4.69) is 19.2 Å². The topological polar surface area (TPSA) is 55.1 Å². The van der Waals surface area contributed by atoms with E-state index in [1.54, 1.807) is 6.92 Å². The van der Waals surface area contributed by atoms with Gasteiger partial charge in [-0.3, -0.25) is 4.79 Å². The Morgan fingerprint density at radius 2 is 2.05 bits per heavy atom. The molecule has 106 valence electrons. The molecule has 0 aliphatic carbocycles. The number of nitrogen functional groups attached to an aromatic ring is 1. The van der Waals surface area contributed by atoms with Crippen molar-refractivity contribution in [1.29, 1.82) is 0 Å². The molecule has 3 nitrogen and oxygen atoms in total. The number of rotatable bonds is 6. The Kier molecular flexibility index (Phi) is 5.80. The summed E-state index contributed by atoms with van der Waals surface area (Å²) in [6.07, 6.45) is 3.18. The van der Waals surface area contributed by atoms with E-state index in [1.807, 2.05) is 0 Å². The molecule has 0 unspecified atom stereocenters. The fourth-order valence-electron chi connectivity index (χ4n) is 1.81. The van der Waals surface area contributed by atoms with Crippen molar-refractivity contribution in [3.8, 4) is 0 Å². The number of anilines is 1. The molecule has 1 aromatic carbocycles. The van der Waals surface area contributed by atoms with Crippen molar-refractivity contribution in [2.75, 3.05) is 12.3 Å². The average molecular weight is 266 g/mol. The Morgan fingerprint density at radius 1 is 1.37 bits per heavy atom. The fraction of sp³-hybridized carbons (Fsp3) is 0.533. The smallest absolute Gasteiger partial charge is 0.251 e.